The van der Waals surface area contributed by atoms with Crippen LogP contribution in [0.5, 0.6) is 5.75 Å². The first-order valence-corrected chi connectivity index (χ1v) is 5.79. The van der Waals surface area contributed by atoms with E-state index >= 15 is 0 Å². The molecule has 5 nitrogen and oxygen atoms in total. The Kier molecular flexibility index (Phi) is 2.72. The summed E-state index contributed by atoms with van der Waals surface area (Å²) in [6, 6.07) is 10.4. The minimum atomic E-state index is 0.168. The molecule has 2 heterocycles. The Balaban J connectivity index is 2.03. The quantitative estimate of drug-likeness (QED) is 0.760. The normalized spacial score (nSPS) is 10.6. The van der Waals surface area contributed by atoms with E-state index in [9.17, 15) is 5.11 Å². The minimum Gasteiger partial charge on any atom is -0.508 e. The summed E-state index contributed by atoms with van der Waals surface area (Å²) in [6.07, 6.45) is 1.71. The third kappa shape index (κ3) is 2.18. The van der Waals surface area contributed by atoms with Crippen molar-refractivity contribution in [3.63, 3.8) is 0 Å². The molecule has 0 amide bonds. The van der Waals surface area contributed by atoms with Gasteiger partial charge < -0.3 is 9.63 Å². The van der Waals surface area contributed by atoms with Gasteiger partial charge in [0, 0.05) is 17.5 Å². The van der Waals surface area contributed by atoms with Crippen LogP contribution in [0.15, 0.2) is 47.1 Å². The van der Waals surface area contributed by atoms with Crippen molar-refractivity contribution in [3.8, 4) is 28.6 Å². The highest BCUT2D eigenvalue weighted by atomic mass is 16.5. The number of phenols is 1. The van der Waals surface area contributed by atoms with E-state index in [-0.39, 0.29) is 5.75 Å². The lowest BCUT2D eigenvalue weighted by Gasteiger charge is -1.97. The first-order chi connectivity index (χ1) is 9.24. The van der Waals surface area contributed by atoms with Crippen molar-refractivity contribution in [1.82, 2.24) is 15.1 Å². The third-order valence-corrected chi connectivity index (χ3v) is 2.77. The molecule has 0 aliphatic heterocycles. The van der Waals surface area contributed by atoms with Gasteiger partial charge in [-0.2, -0.15) is 4.98 Å². The summed E-state index contributed by atoms with van der Waals surface area (Å²) >= 11 is 0. The van der Waals surface area contributed by atoms with Crippen LogP contribution < -0.4 is 0 Å². The van der Waals surface area contributed by atoms with E-state index in [1.54, 1.807) is 24.4 Å². The van der Waals surface area contributed by atoms with E-state index in [2.05, 4.69) is 15.1 Å². The highest BCUT2D eigenvalue weighted by Gasteiger charge is 2.12. The summed E-state index contributed by atoms with van der Waals surface area (Å²) in [5.74, 6) is 1.03. The van der Waals surface area contributed by atoms with Crippen LogP contribution in [0.3, 0.4) is 0 Å². The van der Waals surface area contributed by atoms with Crippen molar-refractivity contribution < 1.29 is 9.63 Å². The molecule has 3 rings (SSSR count). The molecule has 1 N–H and O–H groups in total. The number of aromatic hydroxyl groups is 1. The Labute approximate surface area is 109 Å². The Hall–Kier alpha value is -2.69. The van der Waals surface area contributed by atoms with Gasteiger partial charge in [-0.3, -0.25) is 4.98 Å². The lowest BCUT2D eigenvalue weighted by atomic mass is 10.2. The number of aromatic nitrogens is 3. The highest BCUT2D eigenvalue weighted by molar-refractivity contribution is 5.61. The molecule has 3 aromatic rings. The molecule has 2 aromatic heterocycles. The third-order valence-electron chi connectivity index (χ3n) is 2.77. The second-order valence-electron chi connectivity index (χ2n) is 4.11. The number of aryl methyl sites for hydroxylation is 1. The molecule has 0 unspecified atom stereocenters. The van der Waals surface area contributed by atoms with Gasteiger partial charge in [-0.15, -0.1) is 0 Å². The second kappa shape index (κ2) is 4.53. The summed E-state index contributed by atoms with van der Waals surface area (Å²) < 4.78 is 5.24. The Morgan fingerprint density at radius 3 is 2.84 bits per heavy atom. The van der Waals surface area contributed by atoms with Gasteiger partial charge in [-0.25, -0.2) is 0 Å². The number of rotatable bonds is 2. The Morgan fingerprint density at radius 1 is 1.16 bits per heavy atom. The predicted molar refractivity (Wildman–Crippen MR) is 69.4 cm³/mol. The molecule has 0 aliphatic carbocycles. The largest absolute Gasteiger partial charge is 0.508 e. The van der Waals surface area contributed by atoms with E-state index in [0.29, 0.717) is 17.3 Å². The number of phenolic OH excluding ortho intramolecular Hbond substituents is 1. The average molecular weight is 253 g/mol. The lowest BCUT2D eigenvalue weighted by molar-refractivity contribution is 0.432. The van der Waals surface area contributed by atoms with Crippen LogP contribution in [0.25, 0.3) is 22.8 Å². The molecule has 0 saturated heterocycles. The molecule has 5 heteroatoms. The topological polar surface area (TPSA) is 72.0 Å². The van der Waals surface area contributed by atoms with Crippen molar-refractivity contribution in [1.29, 1.82) is 0 Å². The van der Waals surface area contributed by atoms with Gasteiger partial charge in [0.2, 0.25) is 5.82 Å². The van der Waals surface area contributed by atoms with Crippen LogP contribution in [0.4, 0.5) is 0 Å². The van der Waals surface area contributed by atoms with Crippen molar-refractivity contribution in [2.75, 3.05) is 0 Å². The Bertz CT molecular complexity index is 722. The van der Waals surface area contributed by atoms with Crippen LogP contribution in [0.2, 0.25) is 0 Å². The van der Waals surface area contributed by atoms with E-state index in [4.69, 9.17) is 4.52 Å². The van der Waals surface area contributed by atoms with Gasteiger partial charge in [0.1, 0.15) is 5.75 Å². The summed E-state index contributed by atoms with van der Waals surface area (Å²) in [5.41, 5.74) is 2.34. The van der Waals surface area contributed by atoms with Crippen molar-refractivity contribution >= 4 is 0 Å². The smallest absolute Gasteiger partial charge is 0.260 e. The zero-order valence-corrected chi connectivity index (χ0v) is 10.2. The maximum Gasteiger partial charge on any atom is 0.260 e. The monoisotopic (exact) mass is 253 g/mol. The number of nitrogens with zero attached hydrogens (tertiary/aromatic N) is 3. The van der Waals surface area contributed by atoms with Crippen LogP contribution in [0, 0.1) is 6.92 Å². The van der Waals surface area contributed by atoms with Crippen molar-refractivity contribution in [2.24, 2.45) is 0 Å². The van der Waals surface area contributed by atoms with Crippen molar-refractivity contribution in [3.05, 3.63) is 48.3 Å². The minimum absolute atomic E-state index is 0.168. The fourth-order valence-corrected chi connectivity index (χ4v) is 1.81. The maximum atomic E-state index is 9.45. The summed E-state index contributed by atoms with van der Waals surface area (Å²) in [4.78, 5) is 8.51. The SMILES string of the molecule is Cc1ncccc1-c1nc(-c2cccc(O)c2)no1. The van der Waals surface area contributed by atoms with Gasteiger partial charge in [0.15, 0.2) is 0 Å². The zero-order chi connectivity index (χ0) is 13.2. The van der Waals surface area contributed by atoms with Crippen molar-refractivity contribution in [2.45, 2.75) is 6.92 Å². The Morgan fingerprint density at radius 2 is 2.05 bits per heavy atom. The molecule has 0 aliphatic rings. The van der Waals surface area contributed by atoms with Crippen LogP contribution in [-0.2, 0) is 0 Å². The molecular formula is C14H11N3O2. The highest BCUT2D eigenvalue weighted by Crippen LogP contribution is 2.25. The van der Waals surface area contributed by atoms with E-state index in [0.717, 1.165) is 11.3 Å². The number of hydrogen-bond acceptors (Lipinski definition) is 5. The van der Waals surface area contributed by atoms with Gasteiger partial charge >= 0.3 is 0 Å². The molecule has 0 bridgehead atoms. The lowest BCUT2D eigenvalue weighted by Crippen LogP contribution is -1.86. The van der Waals surface area contributed by atoms with E-state index in [1.807, 2.05) is 25.1 Å². The predicted octanol–water partition coefficient (Wildman–Crippen LogP) is 2.81. The first kappa shape index (κ1) is 11.4. The van der Waals surface area contributed by atoms with Gasteiger partial charge in [-0.05, 0) is 31.2 Å². The maximum absolute atomic E-state index is 9.45. The molecule has 19 heavy (non-hydrogen) atoms. The summed E-state index contributed by atoms with van der Waals surface area (Å²) in [5, 5.41) is 13.4. The number of pyridine rings is 1. The van der Waals surface area contributed by atoms with Gasteiger partial charge in [0.25, 0.3) is 5.89 Å². The van der Waals surface area contributed by atoms with Crippen LogP contribution in [0.1, 0.15) is 5.69 Å². The summed E-state index contributed by atoms with van der Waals surface area (Å²) in [6.45, 7) is 1.88. The standard InChI is InChI=1S/C14H11N3O2/c1-9-12(6-3-7-15-9)14-16-13(17-19-14)10-4-2-5-11(18)8-10/h2-8,18H,1H3. The fraction of sp³-hybridized carbons (Fsp3) is 0.0714. The summed E-state index contributed by atoms with van der Waals surface area (Å²) in [7, 11) is 0. The molecule has 0 radical (unpaired) electrons. The second-order valence-corrected chi connectivity index (χ2v) is 4.11. The van der Waals surface area contributed by atoms with Gasteiger partial charge in [0.05, 0.1) is 5.56 Å². The van der Waals surface area contributed by atoms with E-state index in [1.165, 1.54) is 0 Å². The van der Waals surface area contributed by atoms with E-state index < -0.39 is 0 Å². The molecule has 1 aromatic carbocycles. The van der Waals surface area contributed by atoms with Crippen LogP contribution in [-0.4, -0.2) is 20.2 Å². The number of hydrogen-bond donors (Lipinski definition) is 1. The fourth-order valence-electron chi connectivity index (χ4n) is 1.81. The molecule has 94 valence electrons. The number of benzene rings is 1. The molecule has 0 fully saturated rings. The molecule has 0 saturated carbocycles. The molecular weight excluding hydrogens is 242 g/mol. The molecule has 0 spiro atoms. The zero-order valence-electron chi connectivity index (χ0n) is 10.2. The van der Waals surface area contributed by atoms with Gasteiger partial charge in [-0.1, -0.05) is 17.3 Å². The van der Waals surface area contributed by atoms with Crippen LogP contribution >= 0.6 is 0 Å². The average Bonchev–Trinajstić information content (AvgIpc) is 2.89. The first-order valence-electron chi connectivity index (χ1n) is 5.79. The molecule has 0 atom stereocenters.